The smallest absolute Gasteiger partial charge is 0.338 e. The van der Waals surface area contributed by atoms with E-state index in [-0.39, 0.29) is 12.5 Å². The number of para-hydroxylation sites is 1. The van der Waals surface area contributed by atoms with Crippen LogP contribution in [0.2, 0.25) is 5.02 Å². The molecule has 0 saturated heterocycles. The Bertz CT molecular complexity index is 904. The van der Waals surface area contributed by atoms with Crippen molar-refractivity contribution in [2.75, 3.05) is 13.2 Å². The fourth-order valence-corrected chi connectivity index (χ4v) is 2.75. The summed E-state index contributed by atoms with van der Waals surface area (Å²) >= 11 is 5.82. The third-order valence-corrected chi connectivity index (χ3v) is 4.02. The van der Waals surface area contributed by atoms with Crippen molar-refractivity contribution in [1.29, 1.82) is 0 Å². The largest absolute Gasteiger partial charge is 0.452 e. The average molecular weight is 357 g/mol. The minimum atomic E-state index is -0.575. The third-order valence-electron chi connectivity index (χ3n) is 3.79. The number of benzene rings is 2. The summed E-state index contributed by atoms with van der Waals surface area (Å²) in [6, 6.07) is 14.4. The fraction of sp³-hybridized carbons (Fsp3) is 0.158. The molecule has 0 saturated carbocycles. The molecule has 5 nitrogen and oxygen atoms in total. The number of hydrogen-bond donors (Lipinski definition) is 2. The van der Waals surface area contributed by atoms with E-state index in [0.29, 0.717) is 23.6 Å². The first kappa shape index (κ1) is 17.0. The monoisotopic (exact) mass is 356 g/mol. The van der Waals surface area contributed by atoms with Gasteiger partial charge in [0.15, 0.2) is 6.61 Å². The van der Waals surface area contributed by atoms with Crippen LogP contribution in [-0.4, -0.2) is 30.0 Å². The molecule has 0 aliphatic carbocycles. The summed E-state index contributed by atoms with van der Waals surface area (Å²) in [6.07, 6.45) is 2.63. The minimum absolute atomic E-state index is 0.319. The molecule has 0 spiro atoms. The Morgan fingerprint density at radius 2 is 1.96 bits per heavy atom. The molecule has 6 heteroatoms. The number of carbonyl (C=O) groups excluding carboxylic acids is 2. The highest BCUT2D eigenvalue weighted by Gasteiger charge is 2.10. The first-order valence-electron chi connectivity index (χ1n) is 7.88. The summed E-state index contributed by atoms with van der Waals surface area (Å²) in [6.45, 7) is 0.147. The Hall–Kier alpha value is -2.79. The van der Waals surface area contributed by atoms with Crippen LogP contribution in [0.15, 0.2) is 54.7 Å². The van der Waals surface area contributed by atoms with E-state index in [1.165, 1.54) is 6.07 Å². The van der Waals surface area contributed by atoms with Gasteiger partial charge in [-0.15, -0.1) is 0 Å². The molecule has 0 aliphatic rings. The van der Waals surface area contributed by atoms with Crippen LogP contribution in [0.5, 0.6) is 0 Å². The Balaban J connectivity index is 1.44. The molecule has 0 atom stereocenters. The SMILES string of the molecule is O=C(COC(=O)c1cccc(Cl)c1)NCCc1c[nH]c2ccccc12. The van der Waals surface area contributed by atoms with Crippen molar-refractivity contribution in [3.8, 4) is 0 Å². The molecule has 1 amide bonds. The molecule has 128 valence electrons. The van der Waals surface area contributed by atoms with Crippen molar-refractivity contribution < 1.29 is 14.3 Å². The van der Waals surface area contributed by atoms with Crippen LogP contribution < -0.4 is 5.32 Å². The predicted octanol–water partition coefficient (Wildman–Crippen LogP) is 3.34. The van der Waals surface area contributed by atoms with Crippen molar-refractivity contribution in [3.05, 3.63) is 70.9 Å². The number of halogens is 1. The Morgan fingerprint density at radius 1 is 1.12 bits per heavy atom. The van der Waals surface area contributed by atoms with Gasteiger partial charge in [-0.1, -0.05) is 35.9 Å². The number of aromatic amines is 1. The first-order chi connectivity index (χ1) is 12.1. The number of hydrogen-bond acceptors (Lipinski definition) is 3. The summed E-state index contributed by atoms with van der Waals surface area (Å²) in [5.41, 5.74) is 2.52. The van der Waals surface area contributed by atoms with E-state index in [9.17, 15) is 9.59 Å². The molecule has 0 radical (unpaired) electrons. The van der Waals surface area contributed by atoms with E-state index in [2.05, 4.69) is 10.3 Å². The maximum absolute atomic E-state index is 11.8. The maximum atomic E-state index is 11.8. The van der Waals surface area contributed by atoms with Crippen LogP contribution in [0.1, 0.15) is 15.9 Å². The van der Waals surface area contributed by atoms with Gasteiger partial charge in [-0.2, -0.15) is 0 Å². The van der Waals surface area contributed by atoms with Gasteiger partial charge < -0.3 is 15.0 Å². The van der Waals surface area contributed by atoms with Crippen LogP contribution in [0.25, 0.3) is 10.9 Å². The van der Waals surface area contributed by atoms with Gasteiger partial charge in [0.1, 0.15) is 0 Å². The zero-order valence-corrected chi connectivity index (χ0v) is 14.2. The molecule has 0 bridgehead atoms. The van der Waals surface area contributed by atoms with E-state index in [4.69, 9.17) is 16.3 Å². The second-order valence-corrected chi connectivity index (χ2v) is 5.98. The molecule has 2 aromatic carbocycles. The number of esters is 1. The van der Waals surface area contributed by atoms with Crippen LogP contribution in [0.4, 0.5) is 0 Å². The van der Waals surface area contributed by atoms with E-state index in [0.717, 1.165) is 16.5 Å². The van der Waals surface area contributed by atoms with Gasteiger partial charge in [-0.25, -0.2) is 4.79 Å². The van der Waals surface area contributed by atoms with E-state index in [1.54, 1.807) is 18.2 Å². The molecular weight excluding hydrogens is 340 g/mol. The number of fused-ring (bicyclic) bond motifs is 1. The molecule has 25 heavy (non-hydrogen) atoms. The standard InChI is InChI=1S/C19H17ClN2O3/c20-15-5-3-4-13(10-15)19(24)25-12-18(23)21-9-8-14-11-22-17-7-2-1-6-16(14)17/h1-7,10-11,22H,8-9,12H2,(H,21,23). The molecule has 1 aromatic heterocycles. The van der Waals surface area contributed by atoms with E-state index >= 15 is 0 Å². The lowest BCUT2D eigenvalue weighted by molar-refractivity contribution is -0.124. The predicted molar refractivity (Wildman–Crippen MR) is 96.7 cm³/mol. The molecule has 0 unspecified atom stereocenters. The minimum Gasteiger partial charge on any atom is -0.452 e. The lowest BCUT2D eigenvalue weighted by Gasteiger charge is -2.06. The quantitative estimate of drug-likeness (QED) is 0.665. The number of ether oxygens (including phenoxy) is 1. The lowest BCUT2D eigenvalue weighted by atomic mass is 10.1. The molecule has 3 rings (SSSR count). The summed E-state index contributed by atoms with van der Waals surface area (Å²) in [4.78, 5) is 26.9. The average Bonchev–Trinajstić information content (AvgIpc) is 3.03. The number of rotatable bonds is 6. The summed E-state index contributed by atoms with van der Waals surface area (Å²) in [7, 11) is 0. The highest BCUT2D eigenvalue weighted by atomic mass is 35.5. The van der Waals surface area contributed by atoms with Gasteiger partial charge in [0.2, 0.25) is 0 Å². The van der Waals surface area contributed by atoms with Gasteiger partial charge in [-0.3, -0.25) is 4.79 Å². The van der Waals surface area contributed by atoms with Crippen molar-refractivity contribution in [3.63, 3.8) is 0 Å². The van der Waals surface area contributed by atoms with Crippen molar-refractivity contribution in [2.24, 2.45) is 0 Å². The topological polar surface area (TPSA) is 71.2 Å². The van der Waals surface area contributed by atoms with Crippen LogP contribution in [0, 0.1) is 0 Å². The Morgan fingerprint density at radius 3 is 2.80 bits per heavy atom. The lowest BCUT2D eigenvalue weighted by Crippen LogP contribution is -2.30. The zero-order chi connectivity index (χ0) is 17.6. The maximum Gasteiger partial charge on any atom is 0.338 e. The Kier molecular flexibility index (Phi) is 5.36. The molecule has 2 N–H and O–H groups in total. The van der Waals surface area contributed by atoms with Crippen LogP contribution in [-0.2, 0) is 16.0 Å². The van der Waals surface area contributed by atoms with E-state index in [1.807, 2.05) is 30.5 Å². The third kappa shape index (κ3) is 4.39. The second kappa shape index (κ2) is 7.85. The number of aromatic nitrogens is 1. The molecule has 1 heterocycles. The molecule has 3 aromatic rings. The highest BCUT2D eigenvalue weighted by molar-refractivity contribution is 6.30. The number of amides is 1. The van der Waals surface area contributed by atoms with Gasteiger partial charge in [0.05, 0.1) is 5.56 Å². The zero-order valence-electron chi connectivity index (χ0n) is 13.4. The highest BCUT2D eigenvalue weighted by Crippen LogP contribution is 2.17. The number of carbonyl (C=O) groups is 2. The van der Waals surface area contributed by atoms with Crippen LogP contribution in [0.3, 0.4) is 0 Å². The van der Waals surface area contributed by atoms with Gasteiger partial charge in [0.25, 0.3) is 5.91 Å². The molecule has 0 fully saturated rings. The van der Waals surface area contributed by atoms with Crippen LogP contribution >= 0.6 is 11.6 Å². The van der Waals surface area contributed by atoms with Gasteiger partial charge >= 0.3 is 5.97 Å². The van der Waals surface area contributed by atoms with Gasteiger partial charge in [-0.05, 0) is 36.2 Å². The Labute approximate surface area is 149 Å². The number of H-pyrrole nitrogens is 1. The van der Waals surface area contributed by atoms with Crippen molar-refractivity contribution >= 4 is 34.4 Å². The first-order valence-corrected chi connectivity index (χ1v) is 8.25. The summed E-state index contributed by atoms with van der Waals surface area (Å²) in [5.74, 6) is -0.913. The normalized spacial score (nSPS) is 10.6. The van der Waals surface area contributed by atoms with Crippen molar-refractivity contribution in [1.82, 2.24) is 10.3 Å². The molecular formula is C19H17ClN2O3. The second-order valence-electron chi connectivity index (χ2n) is 5.55. The summed E-state index contributed by atoms with van der Waals surface area (Å²) < 4.78 is 4.99. The van der Waals surface area contributed by atoms with Crippen molar-refractivity contribution in [2.45, 2.75) is 6.42 Å². The summed E-state index contributed by atoms with van der Waals surface area (Å²) in [5, 5.41) is 4.33. The van der Waals surface area contributed by atoms with Gasteiger partial charge in [0, 0.05) is 28.7 Å². The fourth-order valence-electron chi connectivity index (χ4n) is 2.56. The number of nitrogens with one attached hydrogen (secondary N) is 2. The molecule has 0 aliphatic heterocycles. The van der Waals surface area contributed by atoms with E-state index < -0.39 is 5.97 Å².